The minimum Gasteiger partial charge on any atom is -0.440 e. The Morgan fingerprint density at radius 3 is 2.77 bits per heavy atom. The van der Waals surface area contributed by atoms with Crippen molar-refractivity contribution in [3.8, 4) is 0 Å². The number of ether oxygens (including phenoxy) is 2. The summed E-state index contributed by atoms with van der Waals surface area (Å²) in [6.45, 7) is 2.31. The first-order chi connectivity index (χ1) is 14.8. The number of likely N-dealkylation sites (tertiary alicyclic amines) is 1. The van der Waals surface area contributed by atoms with Gasteiger partial charge in [0.25, 0.3) is 5.91 Å². The van der Waals surface area contributed by atoms with Crippen molar-refractivity contribution in [2.45, 2.75) is 25.8 Å². The van der Waals surface area contributed by atoms with Crippen LogP contribution in [0.2, 0.25) is 0 Å². The molecule has 0 aliphatic carbocycles. The zero-order valence-corrected chi connectivity index (χ0v) is 19.2. The molecule has 0 saturated carbocycles. The van der Waals surface area contributed by atoms with Crippen molar-refractivity contribution in [3.05, 3.63) is 56.2 Å². The van der Waals surface area contributed by atoms with E-state index in [0.717, 1.165) is 28.0 Å². The number of aryl methyl sites for hydroxylation is 1. The SMILES string of the molecule is COC[C@@H]1CCCN1C(=O)c1cc2c(c(F)c1F)N(c1ccc(I)cc1C)COC2=O. The first kappa shape index (κ1) is 21.9. The highest BCUT2D eigenvalue weighted by Crippen LogP contribution is 2.39. The average molecular weight is 542 g/mol. The highest BCUT2D eigenvalue weighted by atomic mass is 127. The van der Waals surface area contributed by atoms with Crippen molar-refractivity contribution in [1.82, 2.24) is 4.90 Å². The number of carbonyl (C=O) groups excluding carboxylic acids is 2. The number of esters is 1. The van der Waals surface area contributed by atoms with Gasteiger partial charge in [0.15, 0.2) is 18.4 Å². The van der Waals surface area contributed by atoms with Crippen molar-refractivity contribution in [3.63, 3.8) is 0 Å². The molecule has 164 valence electrons. The van der Waals surface area contributed by atoms with Crippen LogP contribution in [0.1, 0.15) is 39.1 Å². The maximum absolute atomic E-state index is 15.3. The fourth-order valence-electron chi connectivity index (χ4n) is 4.19. The Kier molecular flexibility index (Phi) is 6.16. The van der Waals surface area contributed by atoms with Gasteiger partial charge >= 0.3 is 5.97 Å². The Balaban J connectivity index is 1.79. The number of methoxy groups -OCH3 is 1. The molecule has 1 atom stereocenters. The van der Waals surface area contributed by atoms with E-state index >= 15 is 8.78 Å². The minimum atomic E-state index is -1.27. The summed E-state index contributed by atoms with van der Waals surface area (Å²) in [6, 6.07) is 6.37. The van der Waals surface area contributed by atoms with Gasteiger partial charge in [0, 0.05) is 22.9 Å². The molecule has 1 fully saturated rings. The van der Waals surface area contributed by atoms with Crippen LogP contribution in [0.4, 0.5) is 20.2 Å². The maximum Gasteiger partial charge on any atom is 0.342 e. The Morgan fingerprint density at radius 1 is 1.29 bits per heavy atom. The average Bonchev–Trinajstić information content (AvgIpc) is 3.19. The van der Waals surface area contributed by atoms with E-state index in [1.165, 1.54) is 16.9 Å². The first-order valence-corrected chi connectivity index (χ1v) is 10.9. The Bertz CT molecular complexity index is 1060. The molecule has 2 aliphatic rings. The number of carbonyl (C=O) groups is 2. The van der Waals surface area contributed by atoms with E-state index < -0.39 is 29.1 Å². The normalized spacial score (nSPS) is 18.2. The zero-order valence-electron chi connectivity index (χ0n) is 17.1. The van der Waals surface area contributed by atoms with Crippen molar-refractivity contribution in [2.24, 2.45) is 0 Å². The molecule has 0 bridgehead atoms. The van der Waals surface area contributed by atoms with Gasteiger partial charge in [0.2, 0.25) is 0 Å². The number of hydrogen-bond acceptors (Lipinski definition) is 5. The topological polar surface area (TPSA) is 59.1 Å². The van der Waals surface area contributed by atoms with Crippen LogP contribution >= 0.6 is 22.6 Å². The molecule has 2 aromatic rings. The second kappa shape index (κ2) is 8.70. The van der Waals surface area contributed by atoms with E-state index in [1.54, 1.807) is 6.07 Å². The second-order valence-electron chi connectivity index (χ2n) is 7.62. The van der Waals surface area contributed by atoms with Crippen LogP contribution in [0.5, 0.6) is 0 Å². The van der Waals surface area contributed by atoms with E-state index in [1.807, 2.05) is 19.1 Å². The molecule has 31 heavy (non-hydrogen) atoms. The quantitative estimate of drug-likeness (QED) is 0.424. The van der Waals surface area contributed by atoms with Crippen molar-refractivity contribution < 1.29 is 27.8 Å². The van der Waals surface area contributed by atoms with E-state index in [-0.39, 0.29) is 24.0 Å². The second-order valence-corrected chi connectivity index (χ2v) is 8.86. The van der Waals surface area contributed by atoms with Gasteiger partial charge in [0.1, 0.15) is 0 Å². The summed E-state index contributed by atoms with van der Waals surface area (Å²) < 4.78 is 41.8. The number of cyclic esters (lactones) is 1. The number of halogens is 3. The third kappa shape index (κ3) is 3.89. The summed E-state index contributed by atoms with van der Waals surface area (Å²) in [6.07, 6.45) is 1.47. The zero-order chi connectivity index (χ0) is 22.3. The highest BCUT2D eigenvalue weighted by molar-refractivity contribution is 14.1. The summed E-state index contributed by atoms with van der Waals surface area (Å²) in [5.74, 6) is -3.96. The molecule has 4 rings (SSSR count). The van der Waals surface area contributed by atoms with Crippen LogP contribution in [0.3, 0.4) is 0 Å². The molecule has 1 amide bonds. The van der Waals surface area contributed by atoms with Crippen molar-refractivity contribution >= 4 is 45.8 Å². The Labute approximate surface area is 192 Å². The van der Waals surface area contributed by atoms with E-state index in [4.69, 9.17) is 9.47 Å². The lowest BCUT2D eigenvalue weighted by Gasteiger charge is -2.32. The third-order valence-corrected chi connectivity index (χ3v) is 6.34. The standard InChI is InChI=1S/C22H21F2IN2O4/c1-12-8-13(25)5-6-17(12)27-11-31-22(29)16-9-15(18(23)19(24)20(16)27)21(28)26-7-3-4-14(26)10-30-2/h5-6,8-9,14H,3-4,7,10-11H2,1-2H3/t14-/m0/s1. The molecule has 2 aromatic carbocycles. The molecular formula is C22H21F2IN2O4. The van der Waals surface area contributed by atoms with Crippen LogP contribution in [0.25, 0.3) is 0 Å². The van der Waals surface area contributed by atoms with Crippen molar-refractivity contribution in [1.29, 1.82) is 0 Å². The molecule has 0 N–H and O–H groups in total. The molecule has 0 spiro atoms. The highest BCUT2D eigenvalue weighted by Gasteiger charge is 2.37. The summed E-state index contributed by atoms with van der Waals surface area (Å²) in [4.78, 5) is 28.4. The summed E-state index contributed by atoms with van der Waals surface area (Å²) in [7, 11) is 1.53. The third-order valence-electron chi connectivity index (χ3n) is 5.67. The smallest absolute Gasteiger partial charge is 0.342 e. The van der Waals surface area contributed by atoms with Gasteiger partial charge in [-0.25, -0.2) is 13.6 Å². The Hall–Kier alpha value is -2.27. The van der Waals surface area contributed by atoms with E-state index in [9.17, 15) is 9.59 Å². The number of amides is 1. The number of anilines is 2. The summed E-state index contributed by atoms with van der Waals surface area (Å²) in [5, 5.41) is 0. The fraction of sp³-hybridized carbons (Fsp3) is 0.364. The summed E-state index contributed by atoms with van der Waals surface area (Å²) >= 11 is 2.16. The van der Waals surface area contributed by atoms with Crippen LogP contribution < -0.4 is 4.90 Å². The van der Waals surface area contributed by atoms with Gasteiger partial charge in [-0.15, -0.1) is 0 Å². The van der Waals surface area contributed by atoms with Gasteiger partial charge < -0.3 is 19.3 Å². The molecule has 2 aliphatic heterocycles. The number of benzene rings is 2. The maximum atomic E-state index is 15.3. The number of fused-ring (bicyclic) bond motifs is 1. The van der Waals surface area contributed by atoms with Crippen LogP contribution in [-0.4, -0.2) is 49.8 Å². The lowest BCUT2D eigenvalue weighted by atomic mass is 10.0. The van der Waals surface area contributed by atoms with Gasteiger partial charge in [-0.3, -0.25) is 4.79 Å². The van der Waals surface area contributed by atoms with Crippen molar-refractivity contribution in [2.75, 3.05) is 31.9 Å². The van der Waals surface area contributed by atoms with Crippen LogP contribution in [0, 0.1) is 22.1 Å². The molecule has 0 radical (unpaired) electrons. The molecule has 0 aromatic heterocycles. The van der Waals surface area contributed by atoms with Gasteiger partial charge in [-0.05, 0) is 72.2 Å². The molecule has 6 nitrogen and oxygen atoms in total. The number of hydrogen-bond donors (Lipinski definition) is 0. The monoisotopic (exact) mass is 542 g/mol. The van der Waals surface area contributed by atoms with Gasteiger partial charge in [-0.2, -0.15) is 0 Å². The van der Waals surface area contributed by atoms with E-state index in [0.29, 0.717) is 18.8 Å². The molecule has 0 unspecified atom stereocenters. The van der Waals surface area contributed by atoms with Gasteiger partial charge in [0.05, 0.1) is 29.5 Å². The molecule has 9 heteroatoms. The lowest BCUT2D eigenvalue weighted by Crippen LogP contribution is -2.39. The molecule has 2 heterocycles. The first-order valence-electron chi connectivity index (χ1n) is 9.86. The lowest BCUT2D eigenvalue weighted by molar-refractivity contribution is 0.0491. The minimum absolute atomic E-state index is 0.172. The largest absolute Gasteiger partial charge is 0.440 e. The molecular weight excluding hydrogens is 521 g/mol. The number of nitrogens with zero attached hydrogens (tertiary/aromatic N) is 2. The molecule has 1 saturated heterocycles. The van der Waals surface area contributed by atoms with Crippen LogP contribution in [0.15, 0.2) is 24.3 Å². The predicted molar refractivity (Wildman–Crippen MR) is 119 cm³/mol. The summed E-state index contributed by atoms with van der Waals surface area (Å²) in [5.41, 5.74) is 0.539. The Morgan fingerprint density at radius 2 is 2.06 bits per heavy atom. The fourth-order valence-corrected chi connectivity index (χ4v) is 4.84. The van der Waals surface area contributed by atoms with Crippen LogP contribution in [-0.2, 0) is 9.47 Å². The van der Waals surface area contributed by atoms with E-state index in [2.05, 4.69) is 22.6 Å². The number of rotatable bonds is 4. The van der Waals surface area contributed by atoms with Gasteiger partial charge in [-0.1, -0.05) is 0 Å². The predicted octanol–water partition coefficient (Wildman–Crippen LogP) is 4.39.